The van der Waals surface area contributed by atoms with Crippen molar-refractivity contribution in [1.82, 2.24) is 5.32 Å². The second-order valence-electron chi connectivity index (χ2n) is 8.00. The molecule has 2 aliphatic heterocycles. The number of nitrogens with zero attached hydrogens (tertiary/aromatic N) is 1. The van der Waals surface area contributed by atoms with Crippen LogP contribution >= 0.6 is 0 Å². The smallest absolute Gasteiger partial charge is 0.251 e. The summed E-state index contributed by atoms with van der Waals surface area (Å²) in [7, 11) is 1.66. The minimum absolute atomic E-state index is 0.103. The van der Waals surface area contributed by atoms with Crippen molar-refractivity contribution in [3.8, 4) is 5.75 Å². The maximum atomic E-state index is 12.8. The van der Waals surface area contributed by atoms with Crippen LogP contribution in [-0.4, -0.2) is 45.2 Å². The van der Waals surface area contributed by atoms with Gasteiger partial charge in [0.25, 0.3) is 5.91 Å². The SMILES string of the molecule is COc1ccc(C2(CNC(=O)c3ccc(N4CCCC4=O)cc3)CCOCC2)cc1. The molecule has 0 saturated carbocycles. The Morgan fingerprint density at radius 1 is 1.10 bits per heavy atom. The number of carbonyl (C=O) groups is 2. The minimum Gasteiger partial charge on any atom is -0.497 e. The lowest BCUT2D eigenvalue weighted by Crippen LogP contribution is -2.44. The van der Waals surface area contributed by atoms with Crippen LogP contribution in [0, 0.1) is 0 Å². The van der Waals surface area contributed by atoms with Crippen LogP contribution in [0.25, 0.3) is 0 Å². The molecular formula is C24H28N2O4. The summed E-state index contributed by atoms with van der Waals surface area (Å²) in [5, 5.41) is 3.13. The van der Waals surface area contributed by atoms with E-state index in [0.717, 1.165) is 37.2 Å². The quantitative estimate of drug-likeness (QED) is 0.796. The lowest BCUT2D eigenvalue weighted by atomic mass is 9.74. The summed E-state index contributed by atoms with van der Waals surface area (Å²) in [4.78, 5) is 26.5. The van der Waals surface area contributed by atoms with Crippen molar-refractivity contribution in [2.75, 3.05) is 38.3 Å². The standard InChI is InChI=1S/C24H28N2O4/c1-29-21-10-6-19(7-11-21)24(12-15-30-16-13-24)17-25-23(28)18-4-8-20(9-5-18)26-14-2-3-22(26)27/h4-11H,2-3,12-17H2,1H3,(H,25,28). The molecule has 0 radical (unpaired) electrons. The van der Waals surface area contributed by atoms with Crippen molar-refractivity contribution in [3.05, 3.63) is 59.7 Å². The first-order valence-electron chi connectivity index (χ1n) is 10.5. The van der Waals surface area contributed by atoms with Gasteiger partial charge in [-0.1, -0.05) is 12.1 Å². The molecule has 2 aromatic carbocycles. The van der Waals surface area contributed by atoms with Crippen LogP contribution < -0.4 is 15.0 Å². The Balaban J connectivity index is 1.45. The zero-order valence-electron chi connectivity index (χ0n) is 17.4. The molecule has 0 unspecified atom stereocenters. The molecule has 2 heterocycles. The molecule has 2 saturated heterocycles. The Morgan fingerprint density at radius 3 is 2.40 bits per heavy atom. The largest absolute Gasteiger partial charge is 0.497 e. The molecule has 2 amide bonds. The molecular weight excluding hydrogens is 380 g/mol. The van der Waals surface area contributed by atoms with Crippen molar-refractivity contribution < 1.29 is 19.1 Å². The Morgan fingerprint density at radius 2 is 1.80 bits per heavy atom. The van der Waals surface area contributed by atoms with E-state index in [9.17, 15) is 9.59 Å². The number of nitrogens with one attached hydrogen (secondary N) is 1. The van der Waals surface area contributed by atoms with Crippen LogP contribution in [0.5, 0.6) is 5.75 Å². The van der Waals surface area contributed by atoms with Gasteiger partial charge in [0.1, 0.15) is 5.75 Å². The Labute approximate surface area is 177 Å². The van der Waals surface area contributed by atoms with E-state index < -0.39 is 0 Å². The normalized spacial score (nSPS) is 18.3. The van der Waals surface area contributed by atoms with E-state index in [1.165, 1.54) is 5.56 Å². The van der Waals surface area contributed by atoms with Crippen LogP contribution in [0.15, 0.2) is 48.5 Å². The molecule has 0 spiro atoms. The van der Waals surface area contributed by atoms with Gasteiger partial charge in [0, 0.05) is 49.4 Å². The molecule has 6 nitrogen and oxygen atoms in total. The van der Waals surface area contributed by atoms with Gasteiger partial charge in [-0.05, 0) is 61.2 Å². The highest BCUT2D eigenvalue weighted by Gasteiger charge is 2.35. The van der Waals surface area contributed by atoms with Gasteiger partial charge in [-0.15, -0.1) is 0 Å². The monoisotopic (exact) mass is 408 g/mol. The Hall–Kier alpha value is -2.86. The van der Waals surface area contributed by atoms with Crippen LogP contribution in [0.3, 0.4) is 0 Å². The first-order valence-corrected chi connectivity index (χ1v) is 10.5. The minimum atomic E-state index is -0.151. The van der Waals surface area contributed by atoms with Gasteiger partial charge in [-0.2, -0.15) is 0 Å². The third kappa shape index (κ3) is 4.19. The van der Waals surface area contributed by atoms with E-state index in [0.29, 0.717) is 31.7 Å². The first kappa shape index (κ1) is 20.4. The van der Waals surface area contributed by atoms with Crippen molar-refractivity contribution in [2.24, 2.45) is 0 Å². The van der Waals surface area contributed by atoms with Gasteiger partial charge in [0.15, 0.2) is 0 Å². The average molecular weight is 408 g/mol. The zero-order valence-corrected chi connectivity index (χ0v) is 17.4. The van der Waals surface area contributed by atoms with Crippen molar-refractivity contribution >= 4 is 17.5 Å². The van der Waals surface area contributed by atoms with Gasteiger partial charge in [-0.25, -0.2) is 0 Å². The van der Waals surface area contributed by atoms with Crippen LogP contribution in [0.2, 0.25) is 0 Å². The number of hydrogen-bond acceptors (Lipinski definition) is 4. The third-order valence-corrected chi connectivity index (χ3v) is 6.25. The van der Waals surface area contributed by atoms with E-state index in [-0.39, 0.29) is 17.2 Å². The topological polar surface area (TPSA) is 67.9 Å². The molecule has 0 aliphatic carbocycles. The maximum Gasteiger partial charge on any atom is 0.251 e. The zero-order chi connectivity index (χ0) is 21.0. The van der Waals surface area contributed by atoms with Gasteiger partial charge >= 0.3 is 0 Å². The second kappa shape index (κ2) is 8.88. The van der Waals surface area contributed by atoms with Crippen LogP contribution in [0.4, 0.5) is 5.69 Å². The molecule has 2 fully saturated rings. The highest BCUT2D eigenvalue weighted by Crippen LogP contribution is 2.35. The lowest BCUT2D eigenvalue weighted by molar-refractivity contribution is -0.117. The van der Waals surface area contributed by atoms with Crippen molar-refractivity contribution in [3.63, 3.8) is 0 Å². The van der Waals surface area contributed by atoms with E-state index in [4.69, 9.17) is 9.47 Å². The Bertz CT molecular complexity index is 886. The number of carbonyl (C=O) groups excluding carboxylic acids is 2. The third-order valence-electron chi connectivity index (χ3n) is 6.25. The summed E-state index contributed by atoms with van der Waals surface area (Å²) in [6.07, 6.45) is 3.20. The number of anilines is 1. The highest BCUT2D eigenvalue weighted by molar-refractivity contribution is 5.97. The van der Waals surface area contributed by atoms with E-state index >= 15 is 0 Å². The second-order valence-corrected chi connectivity index (χ2v) is 8.00. The number of hydrogen-bond donors (Lipinski definition) is 1. The lowest BCUT2D eigenvalue weighted by Gasteiger charge is -2.38. The summed E-state index contributed by atoms with van der Waals surface area (Å²) in [6.45, 7) is 2.66. The van der Waals surface area contributed by atoms with E-state index in [1.54, 1.807) is 24.1 Å². The maximum absolute atomic E-state index is 12.8. The average Bonchev–Trinajstić information content (AvgIpc) is 3.24. The van der Waals surface area contributed by atoms with Gasteiger partial charge in [0.2, 0.25) is 5.91 Å². The molecule has 6 heteroatoms. The van der Waals surface area contributed by atoms with E-state index in [2.05, 4.69) is 17.4 Å². The first-order chi connectivity index (χ1) is 14.6. The summed E-state index contributed by atoms with van der Waals surface area (Å²) in [5.41, 5.74) is 2.49. The van der Waals surface area contributed by atoms with Crippen LogP contribution in [-0.2, 0) is 14.9 Å². The molecule has 0 atom stereocenters. The molecule has 0 aromatic heterocycles. The predicted octanol–water partition coefficient (Wildman–Crippen LogP) is 3.30. The number of benzene rings is 2. The predicted molar refractivity (Wildman–Crippen MR) is 115 cm³/mol. The summed E-state index contributed by atoms with van der Waals surface area (Å²) < 4.78 is 10.9. The van der Waals surface area contributed by atoms with Gasteiger partial charge in [-0.3, -0.25) is 9.59 Å². The molecule has 0 bridgehead atoms. The molecule has 30 heavy (non-hydrogen) atoms. The Kier molecular flexibility index (Phi) is 6.04. The number of rotatable bonds is 6. The van der Waals surface area contributed by atoms with Gasteiger partial charge in [0.05, 0.1) is 7.11 Å². The molecule has 1 N–H and O–H groups in total. The summed E-state index contributed by atoms with van der Waals surface area (Å²) in [5.74, 6) is 0.864. The fourth-order valence-electron chi connectivity index (χ4n) is 4.34. The fourth-order valence-corrected chi connectivity index (χ4v) is 4.34. The highest BCUT2D eigenvalue weighted by atomic mass is 16.5. The molecule has 4 rings (SSSR count). The number of amides is 2. The van der Waals surface area contributed by atoms with Gasteiger partial charge < -0.3 is 19.7 Å². The number of ether oxygens (including phenoxy) is 2. The van der Waals surface area contributed by atoms with Crippen LogP contribution in [0.1, 0.15) is 41.6 Å². The summed E-state index contributed by atoms with van der Waals surface area (Å²) >= 11 is 0. The van der Waals surface area contributed by atoms with Crippen molar-refractivity contribution in [1.29, 1.82) is 0 Å². The van der Waals surface area contributed by atoms with Crippen molar-refractivity contribution in [2.45, 2.75) is 31.1 Å². The molecule has 2 aromatic rings. The summed E-state index contributed by atoms with van der Waals surface area (Å²) in [6, 6.07) is 15.4. The van der Waals surface area contributed by atoms with E-state index in [1.807, 2.05) is 24.3 Å². The fraction of sp³-hybridized carbons (Fsp3) is 0.417. The molecule has 158 valence electrons. The molecule has 2 aliphatic rings. The number of methoxy groups -OCH3 is 1.